The van der Waals surface area contributed by atoms with Gasteiger partial charge in [-0.05, 0) is 61.7 Å². The van der Waals surface area contributed by atoms with Gasteiger partial charge in [0.05, 0.1) is 5.39 Å². The fourth-order valence-corrected chi connectivity index (χ4v) is 6.65. The maximum Gasteiger partial charge on any atom is 0.319 e. The molecule has 2 N–H and O–H groups in total. The number of pyridine rings is 1. The molecule has 3 atom stereocenters. The number of hydrogen-bond acceptors (Lipinski definition) is 8. The van der Waals surface area contributed by atoms with E-state index < -0.39 is 5.82 Å². The Morgan fingerprint density at radius 2 is 1.90 bits per heavy atom. The summed E-state index contributed by atoms with van der Waals surface area (Å²) < 4.78 is 22.6. The average Bonchev–Trinajstić information content (AvgIpc) is 3.56. The molecule has 7 rings (SSSR count). The summed E-state index contributed by atoms with van der Waals surface area (Å²) in [7, 11) is 0. The van der Waals surface area contributed by atoms with Crippen molar-refractivity contribution < 1.29 is 14.2 Å². The number of likely N-dealkylation sites (N-methyl/N-ethyl adjacent to an activating group) is 1. The van der Waals surface area contributed by atoms with Crippen molar-refractivity contribution in [1.82, 2.24) is 25.2 Å². The van der Waals surface area contributed by atoms with Crippen molar-refractivity contribution in [3.63, 3.8) is 0 Å². The minimum absolute atomic E-state index is 0.0609. The number of likely N-dealkylation sites (tertiary alicyclic amines) is 1. The second-order valence-corrected chi connectivity index (χ2v) is 11.0. The number of fused-ring (bicyclic) bond motifs is 4. The summed E-state index contributed by atoms with van der Waals surface area (Å²) in [6, 6.07) is 12.1. The molecule has 3 aliphatic rings. The number of rotatable bonds is 6. The first-order chi connectivity index (χ1) is 19.1. The second-order valence-electron chi connectivity index (χ2n) is 11.0. The van der Waals surface area contributed by atoms with Gasteiger partial charge in [0, 0.05) is 43.0 Å². The summed E-state index contributed by atoms with van der Waals surface area (Å²) >= 11 is 0. The highest BCUT2D eigenvalue weighted by Gasteiger charge is 2.34. The van der Waals surface area contributed by atoms with Gasteiger partial charge in [-0.25, -0.2) is 4.39 Å². The predicted octanol–water partition coefficient (Wildman–Crippen LogP) is 4.49. The van der Waals surface area contributed by atoms with Crippen LogP contribution < -0.4 is 15.0 Å². The molecule has 2 aromatic heterocycles. The Balaban J connectivity index is 1.34. The fraction of sp³-hybridized carbons (Fsp3) is 0.433. The number of nitrogens with zero attached hydrogens (tertiary/aromatic N) is 5. The third-order valence-electron chi connectivity index (χ3n) is 8.57. The first-order valence-corrected chi connectivity index (χ1v) is 14.0. The number of aromatic nitrogens is 3. The molecular weight excluding hydrogens is 495 g/mol. The van der Waals surface area contributed by atoms with Gasteiger partial charge in [0.1, 0.15) is 29.4 Å². The van der Waals surface area contributed by atoms with Crippen molar-refractivity contribution in [2.24, 2.45) is 0 Å². The van der Waals surface area contributed by atoms with Gasteiger partial charge in [0.25, 0.3) is 0 Å². The Kier molecular flexibility index (Phi) is 6.20. The van der Waals surface area contributed by atoms with Crippen LogP contribution in [0, 0.1) is 5.82 Å². The lowest BCUT2D eigenvalue weighted by molar-refractivity contribution is 0.170. The lowest BCUT2D eigenvalue weighted by Crippen LogP contribution is -2.51. The molecule has 202 valence electrons. The molecule has 4 aromatic rings. The normalized spacial score (nSPS) is 23.2. The van der Waals surface area contributed by atoms with E-state index in [-0.39, 0.29) is 23.0 Å². The lowest BCUT2D eigenvalue weighted by atomic mass is 10.0. The van der Waals surface area contributed by atoms with Gasteiger partial charge in [-0.1, -0.05) is 31.2 Å². The molecule has 8 nitrogen and oxygen atoms in total. The number of halogens is 1. The van der Waals surface area contributed by atoms with Crippen LogP contribution in [-0.2, 0) is 0 Å². The third-order valence-corrected chi connectivity index (χ3v) is 8.57. The average molecular weight is 529 g/mol. The number of hydrogen-bond donors (Lipinski definition) is 2. The summed E-state index contributed by atoms with van der Waals surface area (Å²) in [5, 5.41) is 16.2. The van der Waals surface area contributed by atoms with Crippen LogP contribution >= 0.6 is 0 Å². The second kappa shape index (κ2) is 9.88. The molecule has 2 bridgehead atoms. The third kappa shape index (κ3) is 4.43. The zero-order valence-corrected chi connectivity index (χ0v) is 22.1. The summed E-state index contributed by atoms with van der Waals surface area (Å²) in [5.74, 6) is 0.197. The predicted molar refractivity (Wildman–Crippen MR) is 150 cm³/mol. The van der Waals surface area contributed by atoms with Crippen LogP contribution in [0.25, 0.3) is 32.9 Å². The van der Waals surface area contributed by atoms with E-state index in [2.05, 4.69) is 32.0 Å². The zero-order valence-electron chi connectivity index (χ0n) is 22.1. The molecule has 2 unspecified atom stereocenters. The Labute approximate surface area is 226 Å². The number of anilines is 1. The standard InChI is InChI=1S/C30H33FN6O2/c1-2-36-11-5-7-21(36)17-39-30-34-28-25(29(35-30)37-15-19-9-10-20(16-37)33-19)14-32-27(26(28)31)24-13-22(38)12-18-6-3-4-8-23(18)24/h3-4,6,8,12-14,19-21,33,38H,2,5,7,9-11,15-17H2,1H3/t19?,20?,21-/m0/s1. The monoisotopic (exact) mass is 528 g/mol. The van der Waals surface area contributed by atoms with Crippen molar-refractivity contribution in [2.45, 2.75) is 50.7 Å². The first kappa shape index (κ1) is 24.5. The van der Waals surface area contributed by atoms with Crippen LogP contribution in [0.15, 0.2) is 42.6 Å². The topological polar surface area (TPSA) is 86.6 Å². The molecule has 0 saturated carbocycles. The van der Waals surface area contributed by atoms with Crippen LogP contribution in [0.4, 0.5) is 10.2 Å². The van der Waals surface area contributed by atoms with Crippen molar-refractivity contribution in [1.29, 1.82) is 0 Å². The van der Waals surface area contributed by atoms with Crippen LogP contribution in [0.2, 0.25) is 0 Å². The van der Waals surface area contributed by atoms with Crippen LogP contribution in [0.1, 0.15) is 32.6 Å². The molecule has 2 aromatic carbocycles. The summed E-state index contributed by atoms with van der Waals surface area (Å²) in [5.41, 5.74) is 0.869. The van der Waals surface area contributed by atoms with Gasteiger partial charge in [0.15, 0.2) is 5.82 Å². The van der Waals surface area contributed by atoms with Crippen molar-refractivity contribution in [3.8, 4) is 23.0 Å². The van der Waals surface area contributed by atoms with E-state index in [1.165, 1.54) is 0 Å². The Hall–Kier alpha value is -3.56. The van der Waals surface area contributed by atoms with E-state index in [9.17, 15) is 5.11 Å². The highest BCUT2D eigenvalue weighted by molar-refractivity contribution is 5.99. The Morgan fingerprint density at radius 1 is 1.08 bits per heavy atom. The SMILES string of the molecule is CCN1CCC[C@H]1COc1nc(N2CC3CCC(C2)N3)c2cnc(-c3cc(O)cc4ccccc34)c(F)c2n1. The molecule has 0 amide bonds. The van der Waals surface area contributed by atoms with E-state index in [0.29, 0.717) is 41.5 Å². The minimum Gasteiger partial charge on any atom is -0.508 e. The van der Waals surface area contributed by atoms with Gasteiger partial charge < -0.3 is 20.1 Å². The first-order valence-electron chi connectivity index (χ1n) is 14.0. The van der Waals surface area contributed by atoms with E-state index in [0.717, 1.165) is 62.6 Å². The Bertz CT molecular complexity index is 1540. The number of piperazine rings is 1. The van der Waals surface area contributed by atoms with Crippen molar-refractivity contribution in [2.75, 3.05) is 37.7 Å². The summed E-state index contributed by atoms with van der Waals surface area (Å²) in [6.45, 7) is 6.28. The maximum absolute atomic E-state index is 16.4. The molecule has 39 heavy (non-hydrogen) atoms. The fourth-order valence-electron chi connectivity index (χ4n) is 6.65. The molecule has 3 saturated heterocycles. The summed E-state index contributed by atoms with van der Waals surface area (Å²) in [6.07, 6.45) is 6.15. The molecule has 5 heterocycles. The van der Waals surface area contributed by atoms with Gasteiger partial charge in [0.2, 0.25) is 0 Å². The molecular formula is C30H33FN6O2. The summed E-state index contributed by atoms with van der Waals surface area (Å²) in [4.78, 5) is 18.7. The van der Waals surface area contributed by atoms with E-state index in [1.54, 1.807) is 18.3 Å². The van der Waals surface area contributed by atoms with E-state index in [4.69, 9.17) is 9.72 Å². The molecule has 9 heteroatoms. The number of benzene rings is 2. The molecule has 3 fully saturated rings. The Morgan fingerprint density at radius 3 is 2.72 bits per heavy atom. The lowest BCUT2D eigenvalue weighted by Gasteiger charge is -2.34. The number of aromatic hydroxyl groups is 1. The van der Waals surface area contributed by atoms with Gasteiger partial charge in [-0.3, -0.25) is 9.88 Å². The van der Waals surface area contributed by atoms with Gasteiger partial charge in [-0.15, -0.1) is 0 Å². The van der Waals surface area contributed by atoms with Gasteiger partial charge >= 0.3 is 6.01 Å². The highest BCUT2D eigenvalue weighted by Crippen LogP contribution is 2.37. The quantitative estimate of drug-likeness (QED) is 0.379. The largest absolute Gasteiger partial charge is 0.508 e. The van der Waals surface area contributed by atoms with E-state index in [1.807, 2.05) is 24.3 Å². The van der Waals surface area contributed by atoms with Crippen LogP contribution in [-0.4, -0.2) is 75.9 Å². The number of phenolic OH excluding ortho intramolecular Hbond substituents is 1. The molecule has 0 radical (unpaired) electrons. The van der Waals surface area contributed by atoms with Crippen molar-refractivity contribution >= 4 is 27.5 Å². The molecule has 3 aliphatic heterocycles. The number of ether oxygens (including phenoxy) is 1. The van der Waals surface area contributed by atoms with Crippen LogP contribution in [0.5, 0.6) is 11.8 Å². The zero-order chi connectivity index (χ0) is 26.5. The number of phenols is 1. The number of nitrogens with one attached hydrogen (secondary N) is 1. The minimum atomic E-state index is -0.536. The van der Waals surface area contributed by atoms with Gasteiger partial charge in [-0.2, -0.15) is 9.97 Å². The highest BCUT2D eigenvalue weighted by atomic mass is 19.1. The van der Waals surface area contributed by atoms with Crippen molar-refractivity contribution in [3.05, 3.63) is 48.4 Å². The molecule has 0 spiro atoms. The van der Waals surface area contributed by atoms with E-state index >= 15 is 4.39 Å². The molecule has 0 aliphatic carbocycles. The maximum atomic E-state index is 16.4. The van der Waals surface area contributed by atoms with Crippen LogP contribution in [0.3, 0.4) is 0 Å². The smallest absolute Gasteiger partial charge is 0.319 e.